The monoisotopic (exact) mass is 425 g/mol. The van der Waals surface area contributed by atoms with E-state index in [-0.39, 0.29) is 18.6 Å². The molecule has 26 heavy (non-hydrogen) atoms. The van der Waals surface area contributed by atoms with Crippen LogP contribution in [0.5, 0.6) is 11.5 Å². The number of hydrogen-bond donors (Lipinski definition) is 1. The number of carbonyl (C=O) groups excluding carboxylic acids is 1. The van der Waals surface area contributed by atoms with Gasteiger partial charge in [-0.05, 0) is 35.8 Å². The molecule has 0 spiro atoms. The van der Waals surface area contributed by atoms with Crippen molar-refractivity contribution in [1.29, 1.82) is 5.26 Å². The highest BCUT2D eigenvalue weighted by molar-refractivity contribution is 9.10. The minimum Gasteiger partial charge on any atom is -0.490 e. The molecule has 0 aromatic heterocycles. The number of nitrogens with one attached hydrogen (secondary N) is 1. The molecule has 0 radical (unpaired) electrons. The molecule has 0 saturated carbocycles. The van der Waals surface area contributed by atoms with E-state index in [1.165, 1.54) is 0 Å². The average molecular weight is 426 g/mol. The maximum atomic E-state index is 12.1. The molecular weight excluding hydrogens is 402 g/mol. The first-order valence-electron chi connectivity index (χ1n) is 8.62. The van der Waals surface area contributed by atoms with Crippen LogP contribution < -0.4 is 14.8 Å². The molecule has 1 aromatic rings. The zero-order valence-corrected chi connectivity index (χ0v) is 16.7. The highest BCUT2D eigenvalue weighted by Crippen LogP contribution is 2.36. The van der Waals surface area contributed by atoms with E-state index in [2.05, 4.69) is 39.1 Å². The molecule has 1 aliphatic heterocycles. The fourth-order valence-corrected chi connectivity index (χ4v) is 3.19. The van der Waals surface area contributed by atoms with Crippen molar-refractivity contribution in [2.75, 3.05) is 46.1 Å². The third-order valence-electron chi connectivity index (χ3n) is 4.05. The Morgan fingerprint density at radius 2 is 2.15 bits per heavy atom. The maximum Gasteiger partial charge on any atom is 0.257 e. The van der Waals surface area contributed by atoms with Gasteiger partial charge in [0.15, 0.2) is 18.1 Å². The fourth-order valence-electron chi connectivity index (χ4n) is 2.63. The summed E-state index contributed by atoms with van der Waals surface area (Å²) >= 11 is 3.37. The number of carbonyl (C=O) groups is 1. The molecule has 142 valence electrons. The summed E-state index contributed by atoms with van der Waals surface area (Å²) in [6.07, 6.45) is 0. The first-order valence-corrected chi connectivity index (χ1v) is 9.42. The summed E-state index contributed by atoms with van der Waals surface area (Å²) in [5.74, 6) is 0.652. The van der Waals surface area contributed by atoms with Gasteiger partial charge in [-0.15, -0.1) is 0 Å². The highest BCUT2D eigenvalue weighted by Gasteiger charge is 2.18. The van der Waals surface area contributed by atoms with Crippen molar-refractivity contribution >= 4 is 21.8 Å². The molecular formula is C18H24BrN3O4. The zero-order valence-electron chi connectivity index (χ0n) is 15.1. The van der Waals surface area contributed by atoms with E-state index < -0.39 is 0 Å². The minimum atomic E-state index is -0.205. The van der Waals surface area contributed by atoms with Crippen LogP contribution in [0.15, 0.2) is 16.6 Å². The van der Waals surface area contributed by atoms with E-state index in [0.717, 1.165) is 26.3 Å². The summed E-state index contributed by atoms with van der Waals surface area (Å²) in [4.78, 5) is 14.4. The molecule has 0 aliphatic carbocycles. The van der Waals surface area contributed by atoms with Crippen LogP contribution in [0.4, 0.5) is 0 Å². The number of amides is 1. The van der Waals surface area contributed by atoms with Crippen LogP contribution in [0.3, 0.4) is 0 Å². The van der Waals surface area contributed by atoms with Crippen molar-refractivity contribution in [3.8, 4) is 17.6 Å². The predicted octanol–water partition coefficient (Wildman–Crippen LogP) is 1.94. The number of hydrogen-bond acceptors (Lipinski definition) is 6. The molecule has 8 heteroatoms. The number of nitriles is 1. The number of nitrogens with zero attached hydrogens (tertiary/aromatic N) is 2. The lowest BCUT2D eigenvalue weighted by Crippen LogP contribution is -2.47. The summed E-state index contributed by atoms with van der Waals surface area (Å²) in [7, 11) is 0. The van der Waals surface area contributed by atoms with Crippen molar-refractivity contribution < 1.29 is 19.0 Å². The maximum absolute atomic E-state index is 12.1. The van der Waals surface area contributed by atoms with Gasteiger partial charge in [-0.1, -0.05) is 0 Å². The first kappa shape index (κ1) is 20.5. The Balaban J connectivity index is 1.87. The van der Waals surface area contributed by atoms with Gasteiger partial charge in [0, 0.05) is 31.7 Å². The van der Waals surface area contributed by atoms with E-state index in [1.54, 1.807) is 12.1 Å². The molecule has 1 amide bonds. The minimum absolute atomic E-state index is 0.125. The lowest BCUT2D eigenvalue weighted by molar-refractivity contribution is -0.123. The standard InChI is InChI=1S/C18H24BrN3O4/c1-3-25-16-9-14(10-20)8-15(19)18(16)26-12-17(23)21-11-13(2)22-4-6-24-7-5-22/h8-9,13H,3-7,11-12H2,1-2H3,(H,21,23). The molecule has 1 saturated heterocycles. The molecule has 1 unspecified atom stereocenters. The third kappa shape index (κ3) is 5.87. The van der Waals surface area contributed by atoms with Gasteiger partial charge in [0.05, 0.1) is 35.9 Å². The van der Waals surface area contributed by atoms with Crippen molar-refractivity contribution in [2.24, 2.45) is 0 Å². The molecule has 2 rings (SSSR count). The Labute approximate surface area is 162 Å². The van der Waals surface area contributed by atoms with Crippen molar-refractivity contribution in [1.82, 2.24) is 10.2 Å². The van der Waals surface area contributed by atoms with Crippen molar-refractivity contribution in [3.05, 3.63) is 22.2 Å². The first-order chi connectivity index (χ1) is 12.5. The Kier molecular flexibility index (Phi) is 8.16. The van der Waals surface area contributed by atoms with Crippen LogP contribution in [0.2, 0.25) is 0 Å². The second-order valence-electron chi connectivity index (χ2n) is 5.92. The van der Waals surface area contributed by atoms with Crippen molar-refractivity contribution in [2.45, 2.75) is 19.9 Å². The SMILES string of the molecule is CCOc1cc(C#N)cc(Br)c1OCC(=O)NCC(C)N1CCOCC1. The largest absolute Gasteiger partial charge is 0.490 e. The summed E-state index contributed by atoms with van der Waals surface area (Å²) in [5, 5.41) is 11.9. The van der Waals surface area contributed by atoms with Crippen LogP contribution in [0, 0.1) is 11.3 Å². The Morgan fingerprint density at radius 3 is 2.81 bits per heavy atom. The molecule has 1 aromatic carbocycles. The topological polar surface area (TPSA) is 83.8 Å². The van der Waals surface area contributed by atoms with Crippen LogP contribution in [-0.2, 0) is 9.53 Å². The average Bonchev–Trinajstić information content (AvgIpc) is 2.66. The Hall–Kier alpha value is -1.82. The zero-order chi connectivity index (χ0) is 18.9. The van der Waals surface area contributed by atoms with Crippen LogP contribution in [0.1, 0.15) is 19.4 Å². The summed E-state index contributed by atoms with van der Waals surface area (Å²) in [6, 6.07) is 5.54. The Morgan fingerprint density at radius 1 is 1.42 bits per heavy atom. The van der Waals surface area contributed by atoms with Gasteiger partial charge in [0.2, 0.25) is 0 Å². The second-order valence-corrected chi connectivity index (χ2v) is 6.77. The van der Waals surface area contributed by atoms with Gasteiger partial charge >= 0.3 is 0 Å². The predicted molar refractivity (Wildman–Crippen MR) is 100 cm³/mol. The van der Waals surface area contributed by atoms with Crippen LogP contribution >= 0.6 is 15.9 Å². The van der Waals surface area contributed by atoms with Crippen LogP contribution in [0.25, 0.3) is 0 Å². The molecule has 1 fully saturated rings. The van der Waals surface area contributed by atoms with Crippen molar-refractivity contribution in [3.63, 3.8) is 0 Å². The van der Waals surface area contributed by atoms with Gasteiger partial charge in [-0.2, -0.15) is 5.26 Å². The lowest BCUT2D eigenvalue weighted by Gasteiger charge is -2.32. The quantitative estimate of drug-likeness (QED) is 0.684. The fraction of sp³-hybridized carbons (Fsp3) is 0.556. The van der Waals surface area contributed by atoms with Gasteiger partial charge in [-0.3, -0.25) is 9.69 Å². The van der Waals surface area contributed by atoms with E-state index in [9.17, 15) is 4.79 Å². The van der Waals surface area contributed by atoms with Gasteiger partial charge in [0.25, 0.3) is 5.91 Å². The van der Waals surface area contributed by atoms with Gasteiger partial charge in [0.1, 0.15) is 0 Å². The molecule has 1 aliphatic rings. The number of morpholine rings is 1. The number of halogens is 1. The summed E-state index contributed by atoms with van der Waals surface area (Å²) in [6.45, 7) is 8.00. The molecule has 1 atom stereocenters. The third-order valence-corrected chi connectivity index (χ3v) is 4.64. The number of ether oxygens (including phenoxy) is 3. The Bertz CT molecular complexity index is 657. The summed E-state index contributed by atoms with van der Waals surface area (Å²) < 4.78 is 17.1. The number of rotatable bonds is 8. The van der Waals surface area contributed by atoms with Gasteiger partial charge in [-0.25, -0.2) is 0 Å². The second kappa shape index (κ2) is 10.4. The normalized spacial score (nSPS) is 15.8. The smallest absolute Gasteiger partial charge is 0.257 e. The molecule has 0 bridgehead atoms. The number of benzene rings is 1. The van der Waals surface area contributed by atoms with E-state index in [1.807, 2.05) is 6.92 Å². The highest BCUT2D eigenvalue weighted by atomic mass is 79.9. The summed E-state index contributed by atoms with van der Waals surface area (Å²) in [5.41, 5.74) is 0.455. The van der Waals surface area contributed by atoms with Gasteiger partial charge < -0.3 is 19.5 Å². The van der Waals surface area contributed by atoms with Crippen LogP contribution in [-0.4, -0.2) is 62.9 Å². The van der Waals surface area contributed by atoms with E-state index >= 15 is 0 Å². The molecule has 1 N–H and O–H groups in total. The van der Waals surface area contributed by atoms with E-state index in [4.69, 9.17) is 19.5 Å². The molecule has 7 nitrogen and oxygen atoms in total. The lowest BCUT2D eigenvalue weighted by atomic mass is 10.2. The molecule has 1 heterocycles. The van der Waals surface area contributed by atoms with E-state index in [0.29, 0.717) is 34.7 Å².